The Morgan fingerprint density at radius 1 is 0.800 bits per heavy atom. The summed E-state index contributed by atoms with van der Waals surface area (Å²) in [6.45, 7) is 8.07. The lowest BCUT2D eigenvalue weighted by molar-refractivity contribution is 0.242. The van der Waals surface area contributed by atoms with Gasteiger partial charge in [0.15, 0.2) is 0 Å². The van der Waals surface area contributed by atoms with Gasteiger partial charge in [-0.1, -0.05) is 23.7 Å². The molecular formula is C25H25ClN2O2. The molecule has 154 valence electrons. The fourth-order valence-corrected chi connectivity index (χ4v) is 3.64. The summed E-state index contributed by atoms with van der Waals surface area (Å²) in [5.74, 6) is 1.70. The van der Waals surface area contributed by atoms with Crippen LogP contribution >= 0.6 is 11.6 Å². The third-order valence-electron chi connectivity index (χ3n) is 4.66. The zero-order valence-corrected chi connectivity index (χ0v) is 18.4. The van der Waals surface area contributed by atoms with E-state index in [4.69, 9.17) is 21.1 Å². The van der Waals surface area contributed by atoms with Crippen molar-refractivity contribution in [1.82, 2.24) is 9.38 Å². The molecular weight excluding hydrogens is 396 g/mol. The SMILES string of the molecule is CC(C)Oc1ccc(-c2cn3c(-c4ccc(OC(C)C)cc4)cnc3cc2Cl)cc1. The predicted octanol–water partition coefficient (Wildman–Crippen LogP) is 6.90. The van der Waals surface area contributed by atoms with Crippen LogP contribution < -0.4 is 9.47 Å². The summed E-state index contributed by atoms with van der Waals surface area (Å²) in [5, 5.41) is 0.665. The molecule has 0 radical (unpaired) electrons. The number of pyridine rings is 1. The van der Waals surface area contributed by atoms with Crippen molar-refractivity contribution in [3.63, 3.8) is 0 Å². The van der Waals surface area contributed by atoms with Gasteiger partial charge in [-0.3, -0.25) is 4.40 Å². The Bertz CT molecular complexity index is 1150. The number of aromatic nitrogens is 2. The average Bonchev–Trinajstić information content (AvgIpc) is 3.10. The smallest absolute Gasteiger partial charge is 0.138 e. The van der Waals surface area contributed by atoms with E-state index in [-0.39, 0.29) is 12.2 Å². The van der Waals surface area contributed by atoms with Crippen LogP contribution in [-0.4, -0.2) is 21.6 Å². The summed E-state index contributed by atoms with van der Waals surface area (Å²) in [7, 11) is 0. The van der Waals surface area contributed by atoms with Gasteiger partial charge in [-0.2, -0.15) is 0 Å². The van der Waals surface area contributed by atoms with Gasteiger partial charge in [0.2, 0.25) is 0 Å². The Labute approximate surface area is 182 Å². The fraction of sp³-hybridized carbons (Fsp3) is 0.240. The van der Waals surface area contributed by atoms with Crippen molar-refractivity contribution in [3.8, 4) is 33.9 Å². The molecule has 0 saturated heterocycles. The Balaban J connectivity index is 1.71. The standard InChI is InChI=1S/C25H25ClN2O2/c1-16(2)29-20-9-5-18(6-10-20)22-15-28-24(14-27-25(28)13-23(22)26)19-7-11-21(12-8-19)30-17(3)4/h5-17H,1-4H3. The summed E-state index contributed by atoms with van der Waals surface area (Å²) in [6.07, 6.45) is 4.19. The van der Waals surface area contributed by atoms with E-state index in [2.05, 4.69) is 9.38 Å². The number of imidazole rings is 1. The van der Waals surface area contributed by atoms with Gasteiger partial charge in [0.05, 0.1) is 29.1 Å². The van der Waals surface area contributed by atoms with E-state index in [1.165, 1.54) is 0 Å². The maximum Gasteiger partial charge on any atom is 0.138 e. The van der Waals surface area contributed by atoms with Crippen molar-refractivity contribution in [2.45, 2.75) is 39.9 Å². The van der Waals surface area contributed by atoms with Crippen molar-refractivity contribution in [3.05, 3.63) is 72.0 Å². The largest absolute Gasteiger partial charge is 0.491 e. The van der Waals surface area contributed by atoms with Gasteiger partial charge in [-0.25, -0.2) is 4.98 Å². The second-order valence-electron chi connectivity index (χ2n) is 7.79. The first-order chi connectivity index (χ1) is 14.4. The van der Waals surface area contributed by atoms with E-state index in [1.54, 1.807) is 0 Å². The summed E-state index contributed by atoms with van der Waals surface area (Å²) >= 11 is 6.59. The van der Waals surface area contributed by atoms with Crippen molar-refractivity contribution in [2.75, 3.05) is 0 Å². The normalized spacial score (nSPS) is 11.4. The van der Waals surface area contributed by atoms with Crippen LogP contribution in [0.2, 0.25) is 5.02 Å². The van der Waals surface area contributed by atoms with E-state index in [9.17, 15) is 0 Å². The van der Waals surface area contributed by atoms with Crippen LogP contribution in [-0.2, 0) is 0 Å². The summed E-state index contributed by atoms with van der Waals surface area (Å²) in [5.41, 5.74) is 4.84. The molecule has 0 aliphatic carbocycles. The number of rotatable bonds is 6. The van der Waals surface area contributed by atoms with Gasteiger partial charge >= 0.3 is 0 Å². The number of benzene rings is 2. The molecule has 4 rings (SSSR count). The van der Waals surface area contributed by atoms with Crippen molar-refractivity contribution < 1.29 is 9.47 Å². The van der Waals surface area contributed by atoms with Crippen LogP contribution in [0.25, 0.3) is 28.0 Å². The average molecular weight is 421 g/mol. The van der Waals surface area contributed by atoms with Gasteiger partial charge in [-0.15, -0.1) is 0 Å². The lowest BCUT2D eigenvalue weighted by atomic mass is 10.1. The number of hydrogen-bond acceptors (Lipinski definition) is 3. The molecule has 30 heavy (non-hydrogen) atoms. The lowest BCUT2D eigenvalue weighted by Gasteiger charge is -2.12. The second kappa shape index (κ2) is 8.41. The topological polar surface area (TPSA) is 35.8 Å². The molecule has 4 nitrogen and oxygen atoms in total. The molecule has 0 aliphatic heterocycles. The highest BCUT2D eigenvalue weighted by Gasteiger charge is 2.12. The summed E-state index contributed by atoms with van der Waals surface area (Å²) in [6, 6.07) is 18.0. The summed E-state index contributed by atoms with van der Waals surface area (Å²) in [4.78, 5) is 4.54. The molecule has 0 aliphatic rings. The first kappa shape index (κ1) is 20.3. The number of nitrogens with zero attached hydrogens (tertiary/aromatic N) is 2. The molecule has 4 aromatic rings. The maximum absolute atomic E-state index is 6.59. The first-order valence-corrected chi connectivity index (χ1v) is 10.5. The molecule has 2 aromatic carbocycles. The van der Waals surface area contributed by atoms with Gasteiger partial charge in [0.25, 0.3) is 0 Å². The summed E-state index contributed by atoms with van der Waals surface area (Å²) < 4.78 is 13.6. The van der Waals surface area contributed by atoms with Crippen LogP contribution in [0, 0.1) is 0 Å². The number of ether oxygens (including phenoxy) is 2. The molecule has 0 fully saturated rings. The monoisotopic (exact) mass is 420 g/mol. The quantitative estimate of drug-likeness (QED) is 0.340. The van der Waals surface area contributed by atoms with Crippen LogP contribution in [0.1, 0.15) is 27.7 Å². The van der Waals surface area contributed by atoms with Gasteiger partial charge in [0.1, 0.15) is 17.1 Å². The highest BCUT2D eigenvalue weighted by Crippen LogP contribution is 2.32. The van der Waals surface area contributed by atoms with Crippen LogP contribution in [0.4, 0.5) is 0 Å². The molecule has 2 heterocycles. The molecule has 2 aromatic heterocycles. The minimum absolute atomic E-state index is 0.140. The third-order valence-corrected chi connectivity index (χ3v) is 4.97. The van der Waals surface area contributed by atoms with Crippen LogP contribution in [0.5, 0.6) is 11.5 Å². The third kappa shape index (κ3) is 4.29. The molecule has 5 heteroatoms. The van der Waals surface area contributed by atoms with Gasteiger partial charge < -0.3 is 9.47 Å². The molecule has 0 unspecified atom stereocenters. The van der Waals surface area contributed by atoms with E-state index in [0.717, 1.165) is 39.5 Å². The van der Waals surface area contributed by atoms with Crippen LogP contribution in [0.3, 0.4) is 0 Å². The van der Waals surface area contributed by atoms with Gasteiger partial charge in [0, 0.05) is 23.4 Å². The molecule has 0 bridgehead atoms. The van der Waals surface area contributed by atoms with Crippen LogP contribution in [0.15, 0.2) is 67.0 Å². The van der Waals surface area contributed by atoms with E-state index in [1.807, 2.05) is 94.7 Å². The predicted molar refractivity (Wildman–Crippen MR) is 123 cm³/mol. The van der Waals surface area contributed by atoms with Gasteiger partial charge in [-0.05, 0) is 69.7 Å². The first-order valence-electron chi connectivity index (χ1n) is 10.1. The van der Waals surface area contributed by atoms with E-state index in [0.29, 0.717) is 5.02 Å². The Kier molecular flexibility index (Phi) is 5.69. The Morgan fingerprint density at radius 2 is 1.33 bits per heavy atom. The lowest BCUT2D eigenvalue weighted by Crippen LogP contribution is -2.05. The minimum atomic E-state index is 0.140. The minimum Gasteiger partial charge on any atom is -0.491 e. The maximum atomic E-state index is 6.59. The highest BCUT2D eigenvalue weighted by molar-refractivity contribution is 6.33. The van der Waals surface area contributed by atoms with Crippen molar-refractivity contribution in [1.29, 1.82) is 0 Å². The van der Waals surface area contributed by atoms with E-state index >= 15 is 0 Å². The fourth-order valence-electron chi connectivity index (χ4n) is 3.39. The Hall–Kier alpha value is -2.98. The van der Waals surface area contributed by atoms with Crippen molar-refractivity contribution >= 4 is 17.2 Å². The van der Waals surface area contributed by atoms with E-state index < -0.39 is 0 Å². The molecule has 0 atom stereocenters. The second-order valence-corrected chi connectivity index (χ2v) is 8.20. The van der Waals surface area contributed by atoms with Crippen molar-refractivity contribution in [2.24, 2.45) is 0 Å². The Morgan fingerprint density at radius 3 is 1.87 bits per heavy atom. The number of fused-ring (bicyclic) bond motifs is 1. The molecule has 0 amide bonds. The molecule has 0 spiro atoms. The number of hydrogen-bond donors (Lipinski definition) is 0. The number of halogens is 1. The molecule has 0 saturated carbocycles. The highest BCUT2D eigenvalue weighted by atomic mass is 35.5. The zero-order chi connectivity index (χ0) is 21.3. The molecule has 0 N–H and O–H groups in total. The zero-order valence-electron chi connectivity index (χ0n) is 17.6.